The lowest BCUT2D eigenvalue weighted by atomic mass is 9.98. The van der Waals surface area contributed by atoms with Gasteiger partial charge in [0.05, 0.1) is 6.54 Å². The van der Waals surface area contributed by atoms with E-state index in [9.17, 15) is 0 Å². The number of nitrogens with zero attached hydrogens (tertiary/aromatic N) is 1. The van der Waals surface area contributed by atoms with Crippen LogP contribution in [0.25, 0.3) is 0 Å². The van der Waals surface area contributed by atoms with Crippen molar-refractivity contribution in [3.8, 4) is 0 Å². The molecular formula is C9H19N3O. The maximum Gasteiger partial charge on any atom is 0.105 e. The fraction of sp³-hybridized carbons (Fsp3) is 0.889. The molecule has 0 radical (unpaired) electrons. The summed E-state index contributed by atoms with van der Waals surface area (Å²) in [5, 5.41) is 7.17. The first-order chi connectivity index (χ1) is 6.22. The SMILES string of the molecule is COCC1CCN(CC(=N)N)CC1. The van der Waals surface area contributed by atoms with Crippen molar-refractivity contribution in [2.24, 2.45) is 11.7 Å². The van der Waals surface area contributed by atoms with Crippen LogP contribution in [0.3, 0.4) is 0 Å². The molecule has 1 aliphatic heterocycles. The normalized spacial score (nSPS) is 20.4. The van der Waals surface area contributed by atoms with Gasteiger partial charge in [-0.2, -0.15) is 0 Å². The monoisotopic (exact) mass is 185 g/mol. The van der Waals surface area contributed by atoms with Crippen molar-refractivity contribution in [1.29, 1.82) is 5.41 Å². The molecule has 1 rings (SSSR count). The second-order valence-electron chi connectivity index (χ2n) is 3.70. The van der Waals surface area contributed by atoms with Crippen molar-refractivity contribution in [3.63, 3.8) is 0 Å². The molecule has 0 aromatic carbocycles. The van der Waals surface area contributed by atoms with Gasteiger partial charge in [-0.15, -0.1) is 0 Å². The van der Waals surface area contributed by atoms with Gasteiger partial charge in [-0.3, -0.25) is 10.3 Å². The molecule has 0 bridgehead atoms. The highest BCUT2D eigenvalue weighted by atomic mass is 16.5. The molecule has 1 aliphatic rings. The van der Waals surface area contributed by atoms with Crippen molar-refractivity contribution in [3.05, 3.63) is 0 Å². The van der Waals surface area contributed by atoms with E-state index in [1.165, 1.54) is 12.8 Å². The highest BCUT2D eigenvalue weighted by molar-refractivity contribution is 5.78. The minimum absolute atomic E-state index is 0.269. The van der Waals surface area contributed by atoms with E-state index >= 15 is 0 Å². The number of hydrogen-bond donors (Lipinski definition) is 2. The van der Waals surface area contributed by atoms with E-state index in [0.717, 1.165) is 19.7 Å². The second kappa shape index (κ2) is 5.19. The first kappa shape index (κ1) is 10.5. The molecule has 1 fully saturated rings. The highest BCUT2D eigenvalue weighted by Gasteiger charge is 2.18. The molecule has 13 heavy (non-hydrogen) atoms. The fourth-order valence-corrected chi connectivity index (χ4v) is 1.79. The average Bonchev–Trinajstić information content (AvgIpc) is 2.08. The van der Waals surface area contributed by atoms with Crippen LogP contribution in [0.1, 0.15) is 12.8 Å². The van der Waals surface area contributed by atoms with Gasteiger partial charge in [0, 0.05) is 13.7 Å². The summed E-state index contributed by atoms with van der Waals surface area (Å²) in [4.78, 5) is 2.23. The Morgan fingerprint density at radius 3 is 2.62 bits per heavy atom. The summed E-state index contributed by atoms with van der Waals surface area (Å²) < 4.78 is 5.11. The minimum Gasteiger partial charge on any atom is -0.387 e. The molecule has 3 N–H and O–H groups in total. The van der Waals surface area contributed by atoms with Crippen LogP contribution in [0.4, 0.5) is 0 Å². The minimum atomic E-state index is 0.269. The van der Waals surface area contributed by atoms with Crippen LogP contribution in [0.5, 0.6) is 0 Å². The van der Waals surface area contributed by atoms with E-state index in [1.807, 2.05) is 0 Å². The summed E-state index contributed by atoms with van der Waals surface area (Å²) in [5.41, 5.74) is 5.33. The quantitative estimate of drug-likeness (QED) is 0.488. The summed E-state index contributed by atoms with van der Waals surface area (Å²) >= 11 is 0. The lowest BCUT2D eigenvalue weighted by Gasteiger charge is -2.30. The predicted octanol–water partition coefficient (Wildman–Crippen LogP) is 0.281. The van der Waals surface area contributed by atoms with E-state index < -0.39 is 0 Å². The van der Waals surface area contributed by atoms with Gasteiger partial charge >= 0.3 is 0 Å². The Kier molecular flexibility index (Phi) is 4.18. The zero-order chi connectivity index (χ0) is 9.68. The Morgan fingerprint density at radius 2 is 2.15 bits per heavy atom. The molecule has 1 heterocycles. The van der Waals surface area contributed by atoms with Crippen molar-refractivity contribution in [1.82, 2.24) is 4.90 Å². The Labute approximate surface area is 79.6 Å². The molecule has 4 nitrogen and oxygen atoms in total. The summed E-state index contributed by atoms with van der Waals surface area (Å²) in [6, 6.07) is 0. The number of hydrogen-bond acceptors (Lipinski definition) is 3. The molecule has 0 aromatic rings. The lowest BCUT2D eigenvalue weighted by Crippen LogP contribution is -2.40. The van der Waals surface area contributed by atoms with E-state index in [-0.39, 0.29) is 5.84 Å². The summed E-state index contributed by atoms with van der Waals surface area (Å²) in [7, 11) is 1.75. The molecule has 76 valence electrons. The van der Waals surface area contributed by atoms with Crippen LogP contribution in [0.15, 0.2) is 0 Å². The Balaban J connectivity index is 2.18. The van der Waals surface area contributed by atoms with Crippen LogP contribution < -0.4 is 5.73 Å². The molecule has 0 aliphatic carbocycles. The maximum atomic E-state index is 7.17. The molecule has 0 amide bonds. The highest BCUT2D eigenvalue weighted by Crippen LogP contribution is 2.16. The number of nitrogens with two attached hydrogens (primary N) is 1. The molecule has 1 saturated heterocycles. The number of nitrogens with one attached hydrogen (secondary N) is 1. The van der Waals surface area contributed by atoms with E-state index in [2.05, 4.69) is 4.90 Å². The Morgan fingerprint density at radius 1 is 1.54 bits per heavy atom. The van der Waals surface area contributed by atoms with Crippen LogP contribution in [0, 0.1) is 11.3 Å². The molecule has 0 saturated carbocycles. The average molecular weight is 185 g/mol. The molecular weight excluding hydrogens is 166 g/mol. The summed E-state index contributed by atoms with van der Waals surface area (Å²) in [6.07, 6.45) is 2.34. The maximum absolute atomic E-state index is 7.17. The van der Waals surface area contributed by atoms with Crippen LogP contribution in [-0.2, 0) is 4.74 Å². The number of ether oxygens (including phenoxy) is 1. The standard InChI is InChI=1S/C9H19N3O/c1-13-7-8-2-4-12(5-3-8)6-9(10)11/h8H,2-7H2,1H3,(H3,10,11). The van der Waals surface area contributed by atoms with E-state index in [0.29, 0.717) is 12.5 Å². The number of methoxy groups -OCH3 is 1. The second-order valence-corrected chi connectivity index (χ2v) is 3.70. The third kappa shape index (κ3) is 3.74. The zero-order valence-corrected chi connectivity index (χ0v) is 8.25. The van der Waals surface area contributed by atoms with Crippen molar-refractivity contribution in [2.45, 2.75) is 12.8 Å². The van der Waals surface area contributed by atoms with Gasteiger partial charge in [-0.1, -0.05) is 0 Å². The first-order valence-electron chi connectivity index (χ1n) is 4.76. The van der Waals surface area contributed by atoms with Gasteiger partial charge < -0.3 is 10.5 Å². The largest absolute Gasteiger partial charge is 0.387 e. The van der Waals surface area contributed by atoms with Crippen LogP contribution in [0.2, 0.25) is 0 Å². The number of rotatable bonds is 4. The number of amidine groups is 1. The van der Waals surface area contributed by atoms with Crippen LogP contribution in [-0.4, -0.2) is 44.1 Å². The Hall–Kier alpha value is -0.610. The van der Waals surface area contributed by atoms with E-state index in [4.69, 9.17) is 15.9 Å². The van der Waals surface area contributed by atoms with Crippen molar-refractivity contribution in [2.75, 3.05) is 33.4 Å². The first-order valence-corrected chi connectivity index (χ1v) is 4.76. The van der Waals surface area contributed by atoms with Gasteiger partial charge in [0.1, 0.15) is 5.84 Å². The smallest absolute Gasteiger partial charge is 0.105 e. The zero-order valence-electron chi connectivity index (χ0n) is 8.25. The van der Waals surface area contributed by atoms with Crippen LogP contribution >= 0.6 is 0 Å². The van der Waals surface area contributed by atoms with Gasteiger partial charge in [-0.05, 0) is 31.8 Å². The molecule has 0 aromatic heterocycles. The molecule has 0 spiro atoms. The summed E-state index contributed by atoms with van der Waals surface area (Å²) in [5.74, 6) is 0.971. The fourth-order valence-electron chi connectivity index (χ4n) is 1.79. The third-order valence-corrected chi connectivity index (χ3v) is 2.50. The molecule has 4 heteroatoms. The third-order valence-electron chi connectivity index (χ3n) is 2.50. The van der Waals surface area contributed by atoms with Gasteiger partial charge in [0.15, 0.2) is 0 Å². The van der Waals surface area contributed by atoms with E-state index in [1.54, 1.807) is 7.11 Å². The Bertz CT molecular complexity index is 164. The lowest BCUT2D eigenvalue weighted by molar-refractivity contribution is 0.105. The molecule has 0 atom stereocenters. The van der Waals surface area contributed by atoms with Gasteiger partial charge in [0.2, 0.25) is 0 Å². The number of likely N-dealkylation sites (tertiary alicyclic amines) is 1. The van der Waals surface area contributed by atoms with Crippen molar-refractivity contribution < 1.29 is 4.74 Å². The van der Waals surface area contributed by atoms with Gasteiger partial charge in [0.25, 0.3) is 0 Å². The predicted molar refractivity (Wildman–Crippen MR) is 53.0 cm³/mol. The topological polar surface area (TPSA) is 62.3 Å². The number of piperidine rings is 1. The molecule has 0 unspecified atom stereocenters. The summed E-state index contributed by atoms with van der Waals surface area (Å²) in [6.45, 7) is 3.59. The van der Waals surface area contributed by atoms with Crippen molar-refractivity contribution >= 4 is 5.84 Å². The van der Waals surface area contributed by atoms with Gasteiger partial charge in [-0.25, -0.2) is 0 Å².